The molecular weight excluding hydrogens is 398 g/mol. The molecule has 3 rings (SSSR count). The molecule has 1 fully saturated rings. The van der Waals surface area contributed by atoms with Crippen molar-refractivity contribution in [1.29, 1.82) is 0 Å². The smallest absolute Gasteiger partial charge is 0.254 e. The van der Waals surface area contributed by atoms with Crippen molar-refractivity contribution in [3.8, 4) is 0 Å². The minimum Gasteiger partial charge on any atom is -0.352 e. The van der Waals surface area contributed by atoms with Gasteiger partial charge in [-0.05, 0) is 24.3 Å². The molecule has 1 aliphatic rings. The zero-order valence-electron chi connectivity index (χ0n) is 16.3. The molecular formula is C18H25N5O3S2. The van der Waals surface area contributed by atoms with Crippen molar-refractivity contribution in [2.24, 2.45) is 0 Å². The zero-order valence-corrected chi connectivity index (χ0v) is 17.9. The molecule has 0 bridgehead atoms. The van der Waals surface area contributed by atoms with Crippen LogP contribution in [0.5, 0.6) is 0 Å². The van der Waals surface area contributed by atoms with Gasteiger partial charge in [0.25, 0.3) is 5.91 Å². The molecule has 28 heavy (non-hydrogen) atoms. The predicted molar refractivity (Wildman–Crippen MR) is 110 cm³/mol. The van der Waals surface area contributed by atoms with Crippen molar-refractivity contribution in [3.63, 3.8) is 0 Å². The molecule has 0 aromatic carbocycles. The van der Waals surface area contributed by atoms with Gasteiger partial charge >= 0.3 is 0 Å². The quantitative estimate of drug-likeness (QED) is 0.722. The van der Waals surface area contributed by atoms with Crippen LogP contribution in [0.1, 0.15) is 33.3 Å². The maximum absolute atomic E-state index is 12.8. The summed E-state index contributed by atoms with van der Waals surface area (Å²) >= 11 is 1.66. The number of hydrogen-bond donors (Lipinski definition) is 1. The number of carbonyl (C=O) groups excluding carboxylic acids is 1. The lowest BCUT2D eigenvalue weighted by atomic mass is 10.00. The van der Waals surface area contributed by atoms with Crippen LogP contribution in [0.15, 0.2) is 23.7 Å². The van der Waals surface area contributed by atoms with Gasteiger partial charge in [0.15, 0.2) is 0 Å². The summed E-state index contributed by atoms with van der Waals surface area (Å²) in [5.74, 6) is 0.145. The number of thiophene rings is 1. The van der Waals surface area contributed by atoms with E-state index in [0.29, 0.717) is 43.3 Å². The Balaban J connectivity index is 1.79. The highest BCUT2D eigenvalue weighted by Crippen LogP contribution is 2.30. The molecule has 1 saturated heterocycles. The van der Waals surface area contributed by atoms with E-state index in [1.165, 1.54) is 15.4 Å². The van der Waals surface area contributed by atoms with Crippen LogP contribution in [0.25, 0.3) is 0 Å². The second kappa shape index (κ2) is 8.54. The third-order valence-electron chi connectivity index (χ3n) is 4.69. The number of anilines is 1. The van der Waals surface area contributed by atoms with E-state index in [4.69, 9.17) is 0 Å². The lowest BCUT2D eigenvalue weighted by molar-refractivity contribution is 0.0952. The Bertz CT molecular complexity index is 929. The molecule has 1 amide bonds. The lowest BCUT2D eigenvalue weighted by Gasteiger charge is -2.18. The van der Waals surface area contributed by atoms with E-state index in [2.05, 4.69) is 15.3 Å². The number of sulfonamides is 1. The number of hydrogen-bond acceptors (Lipinski definition) is 7. The summed E-state index contributed by atoms with van der Waals surface area (Å²) in [6.07, 6.45) is 4.15. The minimum atomic E-state index is -3.26. The molecule has 1 unspecified atom stereocenters. The van der Waals surface area contributed by atoms with Crippen LogP contribution >= 0.6 is 11.3 Å². The molecule has 152 valence electrons. The summed E-state index contributed by atoms with van der Waals surface area (Å²) in [6.45, 7) is 1.29. The molecule has 0 radical (unpaired) electrons. The number of nitrogens with zero attached hydrogens (tertiary/aromatic N) is 4. The molecule has 1 N–H and O–H groups in total. The van der Waals surface area contributed by atoms with Gasteiger partial charge in [0.2, 0.25) is 16.0 Å². The van der Waals surface area contributed by atoms with Crippen LogP contribution in [-0.2, 0) is 16.4 Å². The van der Waals surface area contributed by atoms with Crippen molar-refractivity contribution < 1.29 is 13.2 Å². The largest absolute Gasteiger partial charge is 0.352 e. The summed E-state index contributed by atoms with van der Waals surface area (Å²) in [5.41, 5.74) is 1.02. The van der Waals surface area contributed by atoms with E-state index in [1.807, 2.05) is 31.6 Å². The van der Waals surface area contributed by atoms with Crippen LogP contribution < -0.4 is 10.2 Å². The number of amides is 1. The Morgan fingerprint density at radius 2 is 2.21 bits per heavy atom. The summed E-state index contributed by atoms with van der Waals surface area (Å²) in [6, 6.07) is 4.02. The Morgan fingerprint density at radius 3 is 2.82 bits per heavy atom. The van der Waals surface area contributed by atoms with Gasteiger partial charge in [-0.1, -0.05) is 6.07 Å². The fourth-order valence-corrected chi connectivity index (χ4v) is 4.79. The third-order valence-corrected chi connectivity index (χ3v) is 6.90. The average molecular weight is 424 g/mol. The first-order valence-corrected chi connectivity index (χ1v) is 11.8. The number of aromatic nitrogens is 2. The predicted octanol–water partition coefficient (Wildman–Crippen LogP) is 1.33. The SMILES string of the molecule is CN(C)c1ncc(C(=O)NCCc2cccs2)c(C2CCN(S(C)(=O)=O)C2)n1. The molecule has 2 aromatic rings. The monoisotopic (exact) mass is 423 g/mol. The van der Waals surface area contributed by atoms with E-state index in [9.17, 15) is 13.2 Å². The second-order valence-corrected chi connectivity index (χ2v) is 10.1. The third kappa shape index (κ3) is 4.86. The first kappa shape index (κ1) is 20.7. The standard InChI is InChI=1S/C18H25N5O3S2/c1-22(2)18-20-11-15(17(24)19-8-6-14-5-4-10-27-14)16(21-18)13-7-9-23(12-13)28(3,25)26/h4-5,10-11,13H,6-9,12H2,1-3H3,(H,19,24). The van der Waals surface area contributed by atoms with Crippen LogP contribution in [0.2, 0.25) is 0 Å². The lowest BCUT2D eigenvalue weighted by Crippen LogP contribution is -2.30. The average Bonchev–Trinajstić information content (AvgIpc) is 3.32. The van der Waals surface area contributed by atoms with Crippen molar-refractivity contribution in [3.05, 3.63) is 39.8 Å². The van der Waals surface area contributed by atoms with Crippen LogP contribution in [0, 0.1) is 0 Å². The summed E-state index contributed by atoms with van der Waals surface area (Å²) in [5, 5.41) is 4.94. The summed E-state index contributed by atoms with van der Waals surface area (Å²) in [7, 11) is 0.399. The number of rotatable bonds is 7. The highest BCUT2D eigenvalue weighted by Gasteiger charge is 2.33. The van der Waals surface area contributed by atoms with E-state index in [1.54, 1.807) is 22.4 Å². The molecule has 2 aromatic heterocycles. The van der Waals surface area contributed by atoms with E-state index >= 15 is 0 Å². The van der Waals surface area contributed by atoms with Gasteiger partial charge in [-0.15, -0.1) is 11.3 Å². The van der Waals surface area contributed by atoms with Gasteiger partial charge in [0.1, 0.15) is 0 Å². The van der Waals surface area contributed by atoms with E-state index in [0.717, 1.165) is 6.42 Å². The molecule has 0 saturated carbocycles. The van der Waals surface area contributed by atoms with Crippen LogP contribution in [-0.4, -0.2) is 68.6 Å². The van der Waals surface area contributed by atoms with Gasteiger partial charge in [0, 0.05) is 50.7 Å². The first-order valence-electron chi connectivity index (χ1n) is 9.05. The summed E-state index contributed by atoms with van der Waals surface area (Å²) in [4.78, 5) is 24.6. The van der Waals surface area contributed by atoms with Gasteiger partial charge in [0.05, 0.1) is 17.5 Å². The molecule has 1 aliphatic heterocycles. The molecule has 10 heteroatoms. The molecule has 8 nitrogen and oxygen atoms in total. The molecule has 0 spiro atoms. The Kier molecular flexibility index (Phi) is 6.31. The Labute approximate surface area is 169 Å². The van der Waals surface area contributed by atoms with E-state index in [-0.39, 0.29) is 11.8 Å². The second-order valence-electron chi connectivity index (χ2n) is 7.06. The minimum absolute atomic E-state index is 0.130. The van der Waals surface area contributed by atoms with E-state index < -0.39 is 10.0 Å². The number of carbonyl (C=O) groups is 1. The maximum Gasteiger partial charge on any atom is 0.254 e. The van der Waals surface area contributed by atoms with Crippen molar-refractivity contribution in [2.75, 3.05) is 44.9 Å². The molecule has 0 aliphatic carbocycles. The fourth-order valence-electron chi connectivity index (χ4n) is 3.19. The summed E-state index contributed by atoms with van der Waals surface area (Å²) < 4.78 is 25.2. The molecule has 1 atom stereocenters. The van der Waals surface area contributed by atoms with Gasteiger partial charge in [-0.2, -0.15) is 0 Å². The zero-order chi connectivity index (χ0) is 20.3. The molecule has 3 heterocycles. The highest BCUT2D eigenvalue weighted by molar-refractivity contribution is 7.88. The Morgan fingerprint density at radius 1 is 1.43 bits per heavy atom. The number of nitrogens with one attached hydrogen (secondary N) is 1. The Hall–Kier alpha value is -2.04. The van der Waals surface area contributed by atoms with Crippen LogP contribution in [0.4, 0.5) is 5.95 Å². The van der Waals surface area contributed by atoms with Crippen LogP contribution in [0.3, 0.4) is 0 Å². The van der Waals surface area contributed by atoms with Crippen molar-refractivity contribution in [2.45, 2.75) is 18.8 Å². The first-order chi connectivity index (χ1) is 13.3. The maximum atomic E-state index is 12.8. The normalized spacial score (nSPS) is 17.6. The highest BCUT2D eigenvalue weighted by atomic mass is 32.2. The fraction of sp³-hybridized carbons (Fsp3) is 0.500. The van der Waals surface area contributed by atoms with Crippen molar-refractivity contribution in [1.82, 2.24) is 19.6 Å². The van der Waals surface area contributed by atoms with Crippen molar-refractivity contribution >= 4 is 33.2 Å². The van der Waals surface area contributed by atoms with Gasteiger partial charge < -0.3 is 10.2 Å². The topological polar surface area (TPSA) is 95.5 Å². The van der Waals surface area contributed by atoms with Gasteiger partial charge in [-0.3, -0.25) is 4.79 Å². The van der Waals surface area contributed by atoms with Gasteiger partial charge in [-0.25, -0.2) is 22.7 Å².